The maximum absolute atomic E-state index is 13.4. The molecule has 3 aromatic rings. The molecule has 0 spiro atoms. The second kappa shape index (κ2) is 8.32. The van der Waals surface area contributed by atoms with Crippen LogP contribution in [0.3, 0.4) is 0 Å². The first-order chi connectivity index (χ1) is 14.5. The summed E-state index contributed by atoms with van der Waals surface area (Å²) in [6, 6.07) is 14.3. The normalized spacial score (nSPS) is 15.8. The number of carbonyl (C=O) groups is 1. The Balaban J connectivity index is 1.87. The maximum Gasteiger partial charge on any atom is 0.291 e. The van der Waals surface area contributed by atoms with Crippen LogP contribution in [0, 0.1) is 0 Å². The Morgan fingerprint density at radius 3 is 2.67 bits per heavy atom. The fraction of sp³-hybridized carbons (Fsp3) is 0.333. The fourth-order valence-electron chi connectivity index (χ4n) is 3.88. The molecule has 2 aromatic carbocycles. The van der Waals surface area contributed by atoms with Crippen molar-refractivity contribution in [1.29, 1.82) is 0 Å². The Labute approximate surface area is 175 Å². The number of quaternary nitrogens is 1. The molecule has 1 amide bonds. The smallest absolute Gasteiger partial charge is 0.291 e. The lowest BCUT2D eigenvalue weighted by Gasteiger charge is -2.25. The van der Waals surface area contributed by atoms with Crippen molar-refractivity contribution in [3.05, 3.63) is 75.6 Å². The first-order valence-electron chi connectivity index (χ1n) is 10.4. The highest BCUT2D eigenvalue weighted by molar-refractivity contribution is 5.99. The van der Waals surface area contributed by atoms with Crippen LogP contribution in [-0.2, 0) is 0 Å². The van der Waals surface area contributed by atoms with E-state index in [2.05, 4.69) is 6.92 Å². The molecule has 0 bridgehead atoms. The number of rotatable bonds is 7. The van der Waals surface area contributed by atoms with Gasteiger partial charge < -0.3 is 19.0 Å². The summed E-state index contributed by atoms with van der Waals surface area (Å²) in [5.74, 6) is 0.648. The van der Waals surface area contributed by atoms with Crippen LogP contribution in [0.15, 0.2) is 57.7 Å². The lowest BCUT2D eigenvalue weighted by Crippen LogP contribution is -3.06. The van der Waals surface area contributed by atoms with E-state index >= 15 is 0 Å². The molecule has 6 heteroatoms. The van der Waals surface area contributed by atoms with Gasteiger partial charge in [-0.1, -0.05) is 31.2 Å². The topological polar surface area (TPSA) is 64.2 Å². The highest BCUT2D eigenvalue weighted by Gasteiger charge is 2.42. The van der Waals surface area contributed by atoms with E-state index in [9.17, 15) is 9.59 Å². The number of fused-ring (bicyclic) bond motifs is 2. The summed E-state index contributed by atoms with van der Waals surface area (Å²) in [5, 5.41) is 0.493. The largest absolute Gasteiger partial charge is 0.494 e. The molecule has 0 aliphatic carbocycles. The van der Waals surface area contributed by atoms with Gasteiger partial charge in [0.25, 0.3) is 5.91 Å². The predicted molar refractivity (Wildman–Crippen MR) is 115 cm³/mol. The second-order valence-electron chi connectivity index (χ2n) is 7.95. The molecular weight excluding hydrogens is 380 g/mol. The lowest BCUT2D eigenvalue weighted by molar-refractivity contribution is -0.857. The molecule has 1 aliphatic heterocycles. The molecular formula is C24H27N2O4+. The van der Waals surface area contributed by atoms with Crippen molar-refractivity contribution in [2.75, 3.05) is 33.8 Å². The summed E-state index contributed by atoms with van der Waals surface area (Å²) in [6.07, 6.45) is 0.905. The minimum Gasteiger partial charge on any atom is -0.494 e. The molecule has 1 aliphatic rings. The number of likely N-dealkylation sites (N-methyl/N-ethyl adjacent to an activating group) is 1. The van der Waals surface area contributed by atoms with Gasteiger partial charge in [-0.2, -0.15) is 0 Å². The molecule has 0 saturated heterocycles. The van der Waals surface area contributed by atoms with Crippen LogP contribution in [0.5, 0.6) is 5.75 Å². The van der Waals surface area contributed by atoms with Gasteiger partial charge in [-0.05, 0) is 36.2 Å². The molecule has 0 fully saturated rings. The van der Waals surface area contributed by atoms with Gasteiger partial charge in [-0.15, -0.1) is 0 Å². The number of carbonyl (C=O) groups excluding carboxylic acids is 1. The highest BCUT2D eigenvalue weighted by Crippen LogP contribution is 2.38. The van der Waals surface area contributed by atoms with Crippen molar-refractivity contribution >= 4 is 16.9 Å². The van der Waals surface area contributed by atoms with Crippen LogP contribution in [-0.4, -0.2) is 44.6 Å². The van der Waals surface area contributed by atoms with E-state index in [0.717, 1.165) is 24.3 Å². The first kappa shape index (κ1) is 20.2. The Morgan fingerprint density at radius 1 is 1.10 bits per heavy atom. The quantitative estimate of drug-likeness (QED) is 0.653. The van der Waals surface area contributed by atoms with Gasteiger partial charge in [-0.3, -0.25) is 9.59 Å². The third-order valence-electron chi connectivity index (χ3n) is 5.37. The van der Waals surface area contributed by atoms with Crippen LogP contribution < -0.4 is 15.1 Å². The summed E-state index contributed by atoms with van der Waals surface area (Å²) < 4.78 is 11.7. The summed E-state index contributed by atoms with van der Waals surface area (Å²) in [7, 11) is 4.08. The Bertz CT molecular complexity index is 1140. The van der Waals surface area contributed by atoms with Gasteiger partial charge in [-0.25, -0.2) is 0 Å². The highest BCUT2D eigenvalue weighted by atomic mass is 16.5. The van der Waals surface area contributed by atoms with E-state index in [1.54, 1.807) is 23.1 Å². The number of hydrogen-bond donors (Lipinski definition) is 1. The van der Waals surface area contributed by atoms with E-state index in [1.807, 2.05) is 44.4 Å². The van der Waals surface area contributed by atoms with E-state index in [0.29, 0.717) is 29.7 Å². The van der Waals surface area contributed by atoms with Crippen LogP contribution in [0.4, 0.5) is 0 Å². The number of amides is 1. The van der Waals surface area contributed by atoms with Gasteiger partial charge >= 0.3 is 0 Å². The van der Waals surface area contributed by atoms with Crippen molar-refractivity contribution in [2.45, 2.75) is 19.4 Å². The molecule has 1 N–H and O–H groups in total. The number of ether oxygens (including phenoxy) is 1. The van der Waals surface area contributed by atoms with Crippen molar-refractivity contribution in [2.24, 2.45) is 0 Å². The van der Waals surface area contributed by atoms with Gasteiger partial charge in [0.1, 0.15) is 11.3 Å². The molecule has 1 atom stereocenters. The fourth-order valence-corrected chi connectivity index (χ4v) is 3.88. The van der Waals surface area contributed by atoms with E-state index in [1.165, 1.54) is 4.90 Å². The molecule has 30 heavy (non-hydrogen) atoms. The van der Waals surface area contributed by atoms with Crippen molar-refractivity contribution in [1.82, 2.24) is 4.90 Å². The Kier molecular flexibility index (Phi) is 5.59. The minimum absolute atomic E-state index is 0.148. The SMILES string of the molecule is CCCOc1cccc([C@H]2c3c(oc4ccccc4c3=O)C(=O)N2CC[NH+](C)C)c1. The van der Waals surface area contributed by atoms with Gasteiger partial charge in [0, 0.05) is 0 Å². The van der Waals surface area contributed by atoms with Gasteiger partial charge in [0.15, 0.2) is 5.43 Å². The zero-order valence-electron chi connectivity index (χ0n) is 17.6. The van der Waals surface area contributed by atoms with Crippen LogP contribution in [0.1, 0.15) is 41.1 Å². The van der Waals surface area contributed by atoms with Crippen LogP contribution >= 0.6 is 0 Å². The number of para-hydroxylation sites is 1. The molecule has 1 aromatic heterocycles. The molecule has 0 unspecified atom stereocenters. The number of nitrogens with one attached hydrogen (secondary N) is 1. The summed E-state index contributed by atoms with van der Waals surface area (Å²) in [6.45, 7) is 3.95. The van der Waals surface area contributed by atoms with E-state index < -0.39 is 6.04 Å². The Morgan fingerprint density at radius 2 is 1.90 bits per heavy atom. The molecule has 0 saturated carbocycles. The van der Waals surface area contributed by atoms with Gasteiger partial charge in [0.05, 0.1) is 50.8 Å². The van der Waals surface area contributed by atoms with Crippen LogP contribution in [0.2, 0.25) is 0 Å². The molecule has 4 rings (SSSR count). The zero-order valence-corrected chi connectivity index (χ0v) is 17.6. The Hall–Kier alpha value is -3.12. The number of hydrogen-bond acceptors (Lipinski definition) is 4. The van der Waals surface area contributed by atoms with Crippen molar-refractivity contribution < 1.29 is 18.8 Å². The minimum atomic E-state index is -0.488. The number of nitrogens with zero attached hydrogens (tertiary/aromatic N) is 1. The average Bonchev–Trinajstić information content (AvgIpc) is 3.03. The van der Waals surface area contributed by atoms with Crippen molar-refractivity contribution in [3.8, 4) is 5.75 Å². The summed E-state index contributed by atoms with van der Waals surface area (Å²) in [4.78, 5) is 29.7. The molecule has 0 radical (unpaired) electrons. The zero-order chi connectivity index (χ0) is 21.3. The van der Waals surface area contributed by atoms with Crippen LogP contribution in [0.25, 0.3) is 11.0 Å². The standard InChI is InChI=1S/C24H26N2O4/c1-4-14-29-17-9-7-8-16(15-17)21-20-22(27)18-10-5-6-11-19(18)30-23(20)24(28)26(21)13-12-25(2)3/h5-11,15,21H,4,12-14H2,1-3H3/p+1/t21-/m0/s1. The monoisotopic (exact) mass is 407 g/mol. The molecule has 6 nitrogen and oxygen atoms in total. The third-order valence-corrected chi connectivity index (χ3v) is 5.37. The summed E-state index contributed by atoms with van der Waals surface area (Å²) in [5.41, 5.74) is 1.56. The van der Waals surface area contributed by atoms with Gasteiger partial charge in [0.2, 0.25) is 5.76 Å². The maximum atomic E-state index is 13.4. The third kappa shape index (κ3) is 3.59. The molecule has 2 heterocycles. The predicted octanol–water partition coefficient (Wildman–Crippen LogP) is 2.27. The lowest BCUT2D eigenvalue weighted by atomic mass is 9.98. The summed E-state index contributed by atoms with van der Waals surface area (Å²) >= 11 is 0. The second-order valence-corrected chi connectivity index (χ2v) is 7.95. The molecule has 156 valence electrons. The van der Waals surface area contributed by atoms with E-state index in [4.69, 9.17) is 9.15 Å². The number of benzene rings is 2. The average molecular weight is 407 g/mol. The first-order valence-corrected chi connectivity index (χ1v) is 10.4. The van der Waals surface area contributed by atoms with Crippen molar-refractivity contribution in [3.63, 3.8) is 0 Å². The van der Waals surface area contributed by atoms with E-state index in [-0.39, 0.29) is 17.1 Å².